The Hall–Kier alpha value is -1.27. The van der Waals surface area contributed by atoms with Crippen LogP contribution in [0.1, 0.15) is 75.2 Å². The number of benzene rings is 2. The maximum Gasteiger partial charge on any atom is 0.470 e. The first-order valence-electron chi connectivity index (χ1n) is 12.8. The number of phosphoric ester groups is 1. The van der Waals surface area contributed by atoms with Gasteiger partial charge in [-0.25, -0.2) is 4.57 Å². The normalized spacial score (nSPS) is 17.2. The average Bonchev–Trinajstić information content (AvgIpc) is 3.52. The third-order valence-electron chi connectivity index (χ3n) is 7.95. The molecule has 3 rings (SSSR count). The Bertz CT molecular complexity index is 1020. The lowest BCUT2D eigenvalue weighted by atomic mass is 9.55. The highest BCUT2D eigenvalue weighted by Gasteiger charge is 2.72. The van der Waals surface area contributed by atoms with Crippen molar-refractivity contribution in [3.63, 3.8) is 0 Å². The molecule has 2 aromatic rings. The molecule has 7 heteroatoms. The molecule has 0 unspecified atom stereocenters. The van der Waals surface area contributed by atoms with Gasteiger partial charge in [-0.2, -0.15) is 0 Å². The van der Waals surface area contributed by atoms with Gasteiger partial charge in [-0.15, -0.1) is 0 Å². The molecule has 0 radical (unpaired) electrons. The van der Waals surface area contributed by atoms with Gasteiger partial charge in [0.2, 0.25) is 0 Å². The molecule has 0 bridgehead atoms. The second kappa shape index (κ2) is 9.48. The summed E-state index contributed by atoms with van der Waals surface area (Å²) >= 11 is 0. The molecule has 200 valence electrons. The van der Waals surface area contributed by atoms with E-state index in [0.717, 1.165) is 12.8 Å². The van der Waals surface area contributed by atoms with Crippen molar-refractivity contribution in [2.75, 3.05) is 6.61 Å². The highest BCUT2D eigenvalue weighted by molar-refractivity contribution is 7.46. The van der Waals surface area contributed by atoms with Crippen LogP contribution in [0.4, 0.5) is 0 Å². The van der Waals surface area contributed by atoms with Gasteiger partial charge in [-0.3, -0.25) is 4.52 Å². The molecule has 0 amide bonds. The molecule has 36 heavy (non-hydrogen) atoms. The van der Waals surface area contributed by atoms with Crippen molar-refractivity contribution < 1.29 is 23.3 Å². The van der Waals surface area contributed by atoms with Crippen LogP contribution in [0, 0.1) is 16.2 Å². The van der Waals surface area contributed by atoms with Crippen molar-refractivity contribution in [3.05, 3.63) is 60.7 Å². The molecule has 0 atom stereocenters. The largest absolute Gasteiger partial charge is 0.470 e. The van der Waals surface area contributed by atoms with E-state index in [1.54, 1.807) is 0 Å². The van der Waals surface area contributed by atoms with Crippen molar-refractivity contribution in [2.24, 2.45) is 16.2 Å². The van der Waals surface area contributed by atoms with E-state index in [2.05, 4.69) is 69.3 Å². The summed E-state index contributed by atoms with van der Waals surface area (Å²) in [6.07, 6.45) is 1.58. The minimum atomic E-state index is -4.79. The van der Waals surface area contributed by atoms with E-state index in [-0.39, 0.29) is 5.04 Å². The summed E-state index contributed by atoms with van der Waals surface area (Å²) in [6, 6.07) is 21.0. The second-order valence-corrected chi connectivity index (χ2v) is 19.0. The average molecular weight is 533 g/mol. The molecule has 1 aliphatic rings. The monoisotopic (exact) mass is 532 g/mol. The van der Waals surface area contributed by atoms with Gasteiger partial charge >= 0.3 is 7.82 Å². The van der Waals surface area contributed by atoms with E-state index in [9.17, 15) is 14.4 Å². The zero-order valence-corrected chi connectivity index (χ0v) is 25.4. The summed E-state index contributed by atoms with van der Waals surface area (Å²) < 4.78 is 25.7. The van der Waals surface area contributed by atoms with Crippen molar-refractivity contribution in [1.29, 1.82) is 0 Å². The molecule has 0 spiro atoms. The number of hydrogen-bond donors (Lipinski definition) is 2. The number of rotatable bonds is 8. The lowest BCUT2D eigenvalue weighted by molar-refractivity contribution is -0.184. The topological polar surface area (TPSA) is 76.0 Å². The Balaban J connectivity index is 2.21. The molecule has 5 nitrogen and oxygen atoms in total. The van der Waals surface area contributed by atoms with Crippen molar-refractivity contribution in [2.45, 2.75) is 85.8 Å². The molecule has 0 aromatic heterocycles. The molecule has 0 heterocycles. The van der Waals surface area contributed by atoms with E-state index < -0.39 is 38.0 Å². The molecule has 0 aliphatic heterocycles. The SMILES string of the molecule is CC(C)(C)C(OP(=O)(O)O)(C(C)(C)C)C1(CO[Si](c2ccccc2)(c2ccccc2)C(C)(C)C)CC1. The summed E-state index contributed by atoms with van der Waals surface area (Å²) in [6.45, 7) is 19.2. The summed E-state index contributed by atoms with van der Waals surface area (Å²) in [5.74, 6) is 0. The Morgan fingerprint density at radius 3 is 1.44 bits per heavy atom. The highest BCUT2D eigenvalue weighted by Crippen LogP contribution is 2.71. The van der Waals surface area contributed by atoms with Crippen LogP contribution < -0.4 is 10.4 Å². The van der Waals surface area contributed by atoms with E-state index in [1.807, 2.05) is 53.7 Å². The first kappa shape index (κ1) is 29.3. The minimum absolute atomic E-state index is 0.192. The molecule has 1 aliphatic carbocycles. The van der Waals surface area contributed by atoms with Gasteiger partial charge in [0.25, 0.3) is 8.32 Å². The third kappa shape index (κ3) is 5.06. The Labute approximate surface area is 219 Å². The Morgan fingerprint density at radius 1 is 0.778 bits per heavy atom. The van der Waals surface area contributed by atoms with Crippen LogP contribution in [0.15, 0.2) is 60.7 Å². The molecule has 1 saturated carbocycles. The van der Waals surface area contributed by atoms with Gasteiger partial charge < -0.3 is 14.2 Å². The highest BCUT2D eigenvalue weighted by atomic mass is 31.2. The van der Waals surface area contributed by atoms with E-state index >= 15 is 0 Å². The van der Waals surface area contributed by atoms with Crippen LogP contribution in [0.25, 0.3) is 0 Å². The first-order chi connectivity index (χ1) is 16.3. The van der Waals surface area contributed by atoms with Crippen LogP contribution in [-0.2, 0) is 13.5 Å². The molecule has 2 N–H and O–H groups in total. The predicted molar refractivity (Wildman–Crippen MR) is 150 cm³/mol. The van der Waals surface area contributed by atoms with E-state index in [1.165, 1.54) is 10.4 Å². The van der Waals surface area contributed by atoms with Crippen LogP contribution in [0.5, 0.6) is 0 Å². The molecule has 2 aromatic carbocycles. The zero-order valence-electron chi connectivity index (χ0n) is 23.5. The summed E-state index contributed by atoms with van der Waals surface area (Å²) in [5, 5.41) is 2.18. The molecular formula is C29H45O5PSi. The van der Waals surface area contributed by atoms with Gasteiger partial charge in [-0.05, 0) is 39.1 Å². The fourth-order valence-corrected chi connectivity index (χ4v) is 12.8. The molecule has 1 fully saturated rings. The first-order valence-corrected chi connectivity index (χ1v) is 16.3. The van der Waals surface area contributed by atoms with Crippen molar-refractivity contribution >= 4 is 26.5 Å². The quantitative estimate of drug-likeness (QED) is 0.309. The van der Waals surface area contributed by atoms with Gasteiger partial charge in [0, 0.05) is 12.0 Å². The molecular weight excluding hydrogens is 487 g/mol. The fourth-order valence-electron chi connectivity index (χ4n) is 7.02. The second-order valence-electron chi connectivity index (χ2n) is 13.5. The fraction of sp³-hybridized carbons (Fsp3) is 0.586. The van der Waals surface area contributed by atoms with Gasteiger partial charge in [-0.1, -0.05) is 123 Å². The van der Waals surface area contributed by atoms with E-state index in [0.29, 0.717) is 6.61 Å². The van der Waals surface area contributed by atoms with Crippen LogP contribution in [-0.4, -0.2) is 30.3 Å². The third-order valence-corrected chi connectivity index (χ3v) is 13.4. The Kier molecular flexibility index (Phi) is 7.71. The smallest absolute Gasteiger partial charge is 0.407 e. The molecule has 0 saturated heterocycles. The summed E-state index contributed by atoms with van der Waals surface area (Å²) in [4.78, 5) is 20.3. The Morgan fingerprint density at radius 2 is 1.17 bits per heavy atom. The number of phosphoric acid groups is 1. The standard InChI is InChI=1S/C29H45O5PSi/c1-25(2,3)29(26(4,5)6,34-35(30,31)32)28(20-21-28)22-33-36(27(7,8)9,23-16-12-10-13-17-23)24-18-14-11-15-19-24/h10-19H,20-22H2,1-9H3,(H2,30,31,32). The summed E-state index contributed by atoms with van der Waals surface area (Å²) in [7, 11) is -7.62. The maximum absolute atomic E-state index is 12.5. The lowest BCUT2D eigenvalue weighted by Crippen LogP contribution is -2.68. The lowest BCUT2D eigenvalue weighted by Gasteiger charge is -2.58. The van der Waals surface area contributed by atoms with E-state index in [4.69, 9.17) is 8.95 Å². The van der Waals surface area contributed by atoms with Crippen LogP contribution in [0.2, 0.25) is 5.04 Å². The predicted octanol–water partition coefficient (Wildman–Crippen LogP) is 6.28. The minimum Gasteiger partial charge on any atom is -0.407 e. The summed E-state index contributed by atoms with van der Waals surface area (Å²) in [5.41, 5.74) is -2.76. The van der Waals surface area contributed by atoms with Crippen LogP contribution >= 0.6 is 7.82 Å². The van der Waals surface area contributed by atoms with Gasteiger partial charge in [0.1, 0.15) is 0 Å². The van der Waals surface area contributed by atoms with Gasteiger partial charge in [0.05, 0.1) is 5.60 Å². The van der Waals surface area contributed by atoms with Crippen molar-refractivity contribution in [3.8, 4) is 0 Å². The van der Waals surface area contributed by atoms with Crippen LogP contribution in [0.3, 0.4) is 0 Å². The number of hydrogen-bond acceptors (Lipinski definition) is 3. The maximum atomic E-state index is 12.5. The zero-order chi connectivity index (χ0) is 27.3. The van der Waals surface area contributed by atoms with Crippen molar-refractivity contribution in [1.82, 2.24) is 0 Å². The van der Waals surface area contributed by atoms with Gasteiger partial charge in [0.15, 0.2) is 0 Å².